The van der Waals surface area contributed by atoms with Crippen LogP contribution < -0.4 is 10.2 Å². The number of ether oxygens (including phenoxy) is 1. The van der Waals surface area contributed by atoms with Crippen LogP contribution in [0.1, 0.15) is 6.42 Å². The number of benzene rings is 1. The van der Waals surface area contributed by atoms with Crippen LogP contribution in [0.25, 0.3) is 0 Å². The molecular formula is C13H10BF5O. The second-order valence-electron chi connectivity index (χ2n) is 4.53. The molecule has 1 unspecified atom stereocenters. The second-order valence-corrected chi connectivity index (χ2v) is 4.53. The molecule has 1 nitrogen and oxygen atoms in total. The van der Waals surface area contributed by atoms with E-state index < -0.39 is 53.8 Å². The summed E-state index contributed by atoms with van der Waals surface area (Å²) in [6.07, 6.45) is 2.60. The van der Waals surface area contributed by atoms with E-state index >= 15 is 0 Å². The van der Waals surface area contributed by atoms with Gasteiger partial charge in [0.2, 0.25) is 7.28 Å². The fraction of sp³-hybridized carbons (Fsp3) is 0.231. The normalized spacial score (nSPS) is 21.6. The lowest BCUT2D eigenvalue weighted by Gasteiger charge is -2.23. The van der Waals surface area contributed by atoms with Crippen LogP contribution in [0.15, 0.2) is 30.1 Å². The Labute approximate surface area is 113 Å². The standard InChI is InChI=1S/C13H10BF5O/c1-20-12-9(17)5-8(16)10(11(12)18)14-13(19)4-2-3-7(15)6-13/h2-5,14H,6H2,1H3. The Morgan fingerprint density at radius 1 is 1.20 bits per heavy atom. The molecule has 1 aromatic carbocycles. The topological polar surface area (TPSA) is 9.23 Å². The summed E-state index contributed by atoms with van der Waals surface area (Å²) in [5, 5.41) is 0. The first-order valence-corrected chi connectivity index (χ1v) is 5.79. The summed E-state index contributed by atoms with van der Waals surface area (Å²) in [7, 11) is 0.260. The third-order valence-electron chi connectivity index (χ3n) is 3.03. The Morgan fingerprint density at radius 2 is 1.90 bits per heavy atom. The van der Waals surface area contributed by atoms with Crippen molar-refractivity contribution >= 4 is 12.7 Å². The van der Waals surface area contributed by atoms with E-state index in [2.05, 4.69) is 4.74 Å². The summed E-state index contributed by atoms with van der Waals surface area (Å²) in [5.41, 5.74) is -2.94. The van der Waals surface area contributed by atoms with Gasteiger partial charge >= 0.3 is 0 Å². The summed E-state index contributed by atoms with van der Waals surface area (Å²) in [6, 6.07) is 0.416. The minimum Gasteiger partial charge on any atom is -0.491 e. The van der Waals surface area contributed by atoms with Crippen molar-refractivity contribution in [2.24, 2.45) is 0 Å². The maximum absolute atomic E-state index is 14.4. The van der Waals surface area contributed by atoms with Crippen molar-refractivity contribution in [2.75, 3.05) is 7.11 Å². The van der Waals surface area contributed by atoms with Crippen LogP contribution in [0.2, 0.25) is 0 Å². The highest BCUT2D eigenvalue weighted by atomic mass is 19.2. The smallest absolute Gasteiger partial charge is 0.217 e. The van der Waals surface area contributed by atoms with Crippen molar-refractivity contribution in [1.82, 2.24) is 0 Å². The van der Waals surface area contributed by atoms with E-state index in [0.29, 0.717) is 6.07 Å². The maximum Gasteiger partial charge on any atom is 0.217 e. The van der Waals surface area contributed by atoms with Crippen LogP contribution in [-0.2, 0) is 0 Å². The van der Waals surface area contributed by atoms with Crippen LogP contribution in [0, 0.1) is 17.5 Å². The Hall–Kier alpha value is -1.79. The molecule has 0 radical (unpaired) electrons. The van der Waals surface area contributed by atoms with Gasteiger partial charge < -0.3 is 4.74 Å². The molecule has 1 aliphatic carbocycles. The summed E-state index contributed by atoms with van der Waals surface area (Å²) in [6.45, 7) is 0. The molecular weight excluding hydrogens is 278 g/mol. The fourth-order valence-electron chi connectivity index (χ4n) is 2.10. The Balaban J connectivity index is 2.40. The molecule has 0 aromatic heterocycles. The van der Waals surface area contributed by atoms with Crippen molar-refractivity contribution in [2.45, 2.75) is 12.0 Å². The highest BCUT2D eigenvalue weighted by Gasteiger charge is 2.35. The van der Waals surface area contributed by atoms with Crippen LogP contribution in [-0.4, -0.2) is 20.0 Å². The van der Waals surface area contributed by atoms with Crippen LogP contribution in [0.4, 0.5) is 22.0 Å². The SMILES string of the molecule is COc1c(F)cc(F)c(BC2(F)C=CC=C(F)C2)c1F. The molecule has 0 heterocycles. The Morgan fingerprint density at radius 3 is 2.50 bits per heavy atom. The van der Waals surface area contributed by atoms with Gasteiger partial charge in [-0.1, -0.05) is 12.2 Å². The fourth-order valence-corrected chi connectivity index (χ4v) is 2.10. The molecule has 0 N–H and O–H groups in total. The number of hydrogen-bond acceptors (Lipinski definition) is 1. The molecule has 1 atom stereocenters. The quantitative estimate of drug-likeness (QED) is 0.613. The van der Waals surface area contributed by atoms with Gasteiger partial charge in [-0.3, -0.25) is 0 Å². The highest BCUT2D eigenvalue weighted by molar-refractivity contribution is 6.57. The molecule has 106 valence electrons. The zero-order chi connectivity index (χ0) is 14.9. The zero-order valence-corrected chi connectivity index (χ0v) is 10.5. The average molecular weight is 288 g/mol. The summed E-state index contributed by atoms with van der Waals surface area (Å²) < 4.78 is 72.7. The Kier molecular flexibility index (Phi) is 3.88. The van der Waals surface area contributed by atoms with E-state index in [9.17, 15) is 22.0 Å². The highest BCUT2D eigenvalue weighted by Crippen LogP contribution is 2.28. The number of methoxy groups -OCH3 is 1. The first-order chi connectivity index (χ1) is 9.36. The van der Waals surface area contributed by atoms with Gasteiger partial charge in [0.1, 0.15) is 17.2 Å². The minimum absolute atomic E-state index is 0.416. The molecule has 20 heavy (non-hydrogen) atoms. The molecule has 0 aliphatic heterocycles. The molecule has 2 rings (SSSR count). The van der Waals surface area contributed by atoms with E-state index in [4.69, 9.17) is 0 Å². The van der Waals surface area contributed by atoms with Crippen molar-refractivity contribution in [1.29, 1.82) is 0 Å². The second kappa shape index (κ2) is 5.30. The van der Waals surface area contributed by atoms with Gasteiger partial charge in [-0.25, -0.2) is 22.0 Å². The Bertz CT molecular complexity index is 599. The zero-order valence-electron chi connectivity index (χ0n) is 10.5. The van der Waals surface area contributed by atoms with E-state index in [1.165, 1.54) is 0 Å². The molecule has 7 heteroatoms. The predicted octanol–water partition coefficient (Wildman–Crippen LogP) is 2.65. The number of rotatable bonds is 3. The molecule has 0 amide bonds. The van der Waals surface area contributed by atoms with E-state index in [1.807, 2.05) is 0 Å². The number of allylic oxidation sites excluding steroid dienone is 4. The summed E-state index contributed by atoms with van der Waals surface area (Å²) in [4.78, 5) is 0. The number of halogens is 5. The van der Waals surface area contributed by atoms with Crippen LogP contribution in [0.5, 0.6) is 5.75 Å². The minimum atomic E-state index is -2.26. The van der Waals surface area contributed by atoms with E-state index in [-0.39, 0.29) is 0 Å². The molecule has 0 saturated carbocycles. The lowest BCUT2D eigenvalue weighted by molar-refractivity contribution is 0.315. The maximum atomic E-state index is 14.4. The lowest BCUT2D eigenvalue weighted by Crippen LogP contribution is -2.41. The molecule has 0 bridgehead atoms. The molecule has 1 aliphatic rings. The van der Waals surface area contributed by atoms with Crippen molar-refractivity contribution < 1.29 is 26.7 Å². The van der Waals surface area contributed by atoms with Gasteiger partial charge in [0, 0.05) is 12.5 Å². The van der Waals surface area contributed by atoms with Gasteiger partial charge in [-0.15, -0.1) is 0 Å². The van der Waals surface area contributed by atoms with Crippen LogP contribution >= 0.6 is 0 Å². The van der Waals surface area contributed by atoms with Crippen molar-refractivity contribution in [3.63, 3.8) is 0 Å². The molecule has 0 fully saturated rings. The van der Waals surface area contributed by atoms with Gasteiger partial charge in [-0.2, -0.15) is 0 Å². The molecule has 0 saturated heterocycles. The monoisotopic (exact) mass is 288 g/mol. The predicted molar refractivity (Wildman–Crippen MR) is 66.4 cm³/mol. The average Bonchev–Trinajstić information content (AvgIpc) is 2.34. The van der Waals surface area contributed by atoms with Gasteiger partial charge in [0.25, 0.3) is 0 Å². The third-order valence-corrected chi connectivity index (χ3v) is 3.03. The number of hydrogen-bond donors (Lipinski definition) is 0. The summed E-state index contributed by atoms with van der Waals surface area (Å²) in [5.74, 6) is -5.29. The van der Waals surface area contributed by atoms with Crippen LogP contribution in [0.3, 0.4) is 0 Å². The molecule has 0 spiro atoms. The van der Waals surface area contributed by atoms with E-state index in [0.717, 1.165) is 25.3 Å². The largest absolute Gasteiger partial charge is 0.491 e. The van der Waals surface area contributed by atoms with E-state index in [1.54, 1.807) is 0 Å². The van der Waals surface area contributed by atoms with Gasteiger partial charge in [-0.05, 0) is 11.5 Å². The number of alkyl halides is 1. The lowest BCUT2D eigenvalue weighted by atomic mass is 9.54. The summed E-state index contributed by atoms with van der Waals surface area (Å²) >= 11 is 0. The first kappa shape index (κ1) is 14.6. The third kappa shape index (κ3) is 2.71. The molecule has 1 aromatic rings. The van der Waals surface area contributed by atoms with Crippen molar-refractivity contribution in [3.8, 4) is 5.75 Å². The van der Waals surface area contributed by atoms with Crippen molar-refractivity contribution in [3.05, 3.63) is 47.6 Å². The van der Waals surface area contributed by atoms with Gasteiger partial charge in [0.05, 0.1) is 7.11 Å². The van der Waals surface area contributed by atoms with Gasteiger partial charge in [0.15, 0.2) is 17.4 Å². The first-order valence-electron chi connectivity index (χ1n) is 5.79.